The maximum atomic E-state index is 17.2. The summed E-state index contributed by atoms with van der Waals surface area (Å²) in [6.45, 7) is 4.06. The standard InChI is InChI=1S/C34H30B2ClF2N7O6.C6H6.Co/c1-3-46(4-2)34-33(37)44-51-35(38)47-40-29(25-17-9-5-10-18-25)31(27-21-13-7-14-22-27)42-49-36(39,52-45-34)50-43-32(28-23-15-8-16-24-28)30(41-48-35)26-19-11-6-12-20-26;1-2-4-6-5-3-1;/h5-24H,3-4H2,1-2H3;1-6H;/q-2;;+2/b40-29+,41-30+,42-31+,43-32+,44-33-,45-34-;;. The fourth-order valence-electron chi connectivity index (χ4n) is 5.29. The molecule has 13 nitrogen and oxygen atoms in total. The van der Waals surface area contributed by atoms with Gasteiger partial charge < -0.3 is 42.1 Å². The molecule has 0 amide bonds. The van der Waals surface area contributed by atoms with Gasteiger partial charge >= 0.3 is 30.8 Å². The Hall–Kier alpha value is -6.49. The van der Waals surface area contributed by atoms with E-state index in [-0.39, 0.29) is 58.6 Å². The van der Waals surface area contributed by atoms with Crippen molar-refractivity contribution in [1.29, 1.82) is 0 Å². The molecule has 59 heavy (non-hydrogen) atoms. The van der Waals surface area contributed by atoms with E-state index >= 15 is 8.63 Å². The van der Waals surface area contributed by atoms with E-state index in [1.54, 1.807) is 135 Å². The number of benzene rings is 5. The first-order valence-electron chi connectivity index (χ1n) is 18.1. The van der Waals surface area contributed by atoms with Crippen LogP contribution in [0.2, 0.25) is 0 Å². The molecule has 3 aliphatic heterocycles. The van der Waals surface area contributed by atoms with Gasteiger partial charge in [0.1, 0.15) is 22.8 Å². The molecular formula is C40H36B2ClCoF2N7O6. The van der Waals surface area contributed by atoms with Crippen molar-refractivity contribution in [3.05, 3.63) is 180 Å². The van der Waals surface area contributed by atoms with E-state index in [0.717, 1.165) is 0 Å². The molecule has 0 aliphatic carbocycles. The van der Waals surface area contributed by atoms with Gasteiger partial charge in [-0.25, -0.2) is 0 Å². The molecule has 303 valence electrons. The third-order valence-corrected chi connectivity index (χ3v) is 8.39. The zero-order valence-corrected chi connectivity index (χ0v) is 33.4. The normalized spacial score (nSPS) is 24.4. The van der Waals surface area contributed by atoms with Gasteiger partial charge in [0, 0.05) is 35.3 Å². The van der Waals surface area contributed by atoms with E-state index in [4.69, 9.17) is 40.1 Å². The van der Waals surface area contributed by atoms with Gasteiger partial charge in [-0.05, 0) is 13.8 Å². The van der Waals surface area contributed by atoms with Crippen molar-refractivity contribution in [2.24, 2.45) is 30.9 Å². The molecule has 3 aliphatic rings. The fraction of sp³-hybridized carbons (Fsp3) is 0.100. The quantitative estimate of drug-likeness (QED) is 0.157. The zero-order valence-electron chi connectivity index (χ0n) is 31.6. The average Bonchev–Trinajstić information content (AvgIpc) is 3.28. The van der Waals surface area contributed by atoms with Crippen LogP contribution in [0.5, 0.6) is 0 Å². The Morgan fingerprint density at radius 2 is 0.661 bits per heavy atom. The summed E-state index contributed by atoms with van der Waals surface area (Å²) in [5.41, 5.74) is 0.761. The summed E-state index contributed by atoms with van der Waals surface area (Å²) in [5, 5.41) is 23.4. The van der Waals surface area contributed by atoms with Crippen molar-refractivity contribution < 1.29 is 53.9 Å². The smallest absolute Gasteiger partial charge is 0.509 e. The number of nitrogens with zero attached hydrogens (tertiary/aromatic N) is 7. The van der Waals surface area contributed by atoms with Gasteiger partial charge in [0.05, 0.1) is 0 Å². The molecule has 5 aromatic rings. The summed E-state index contributed by atoms with van der Waals surface area (Å²) < 4.78 is 66.6. The Morgan fingerprint density at radius 1 is 0.424 bits per heavy atom. The number of oxime groups is 6. The van der Waals surface area contributed by atoms with Crippen molar-refractivity contribution in [3.63, 3.8) is 0 Å². The van der Waals surface area contributed by atoms with E-state index in [2.05, 4.69) is 30.9 Å². The molecule has 1 radical (unpaired) electrons. The van der Waals surface area contributed by atoms with E-state index < -0.39 is 19.2 Å². The average molecular weight is 865 g/mol. The molecule has 0 N–H and O–H groups in total. The largest absolute Gasteiger partial charge is 2.00 e. The van der Waals surface area contributed by atoms with Crippen molar-refractivity contribution in [3.8, 4) is 0 Å². The third-order valence-electron chi connectivity index (χ3n) is 8.16. The van der Waals surface area contributed by atoms with Gasteiger partial charge in [-0.2, -0.15) is 0 Å². The van der Waals surface area contributed by atoms with Crippen LogP contribution < -0.4 is 0 Å². The first-order chi connectivity index (χ1) is 28.3. The number of fused-ring (bicyclic) bond motifs is 9. The second-order valence-corrected chi connectivity index (χ2v) is 12.5. The molecular weight excluding hydrogens is 828 g/mol. The Morgan fingerprint density at radius 3 is 0.932 bits per heavy atom. The molecule has 0 atom stereocenters. The van der Waals surface area contributed by atoms with Crippen molar-refractivity contribution in [1.82, 2.24) is 4.90 Å². The predicted molar refractivity (Wildman–Crippen MR) is 222 cm³/mol. The second kappa shape index (κ2) is 21.3. The van der Waals surface area contributed by atoms with Gasteiger partial charge in [0.15, 0.2) is 0 Å². The number of halogens is 3. The second-order valence-electron chi connectivity index (χ2n) is 12.1. The first-order valence-corrected chi connectivity index (χ1v) is 18.5. The monoisotopic (exact) mass is 864 g/mol. The maximum absolute atomic E-state index is 17.2. The molecule has 19 heteroatoms. The van der Waals surface area contributed by atoms with Crippen LogP contribution in [0.25, 0.3) is 0 Å². The van der Waals surface area contributed by atoms with Crippen LogP contribution in [-0.4, -0.2) is 65.9 Å². The molecule has 0 fully saturated rings. The van der Waals surface area contributed by atoms with Crippen LogP contribution >= 0.6 is 11.6 Å². The van der Waals surface area contributed by atoms with Gasteiger partial charge in [0.2, 0.25) is 11.0 Å². The predicted octanol–water partition coefficient (Wildman–Crippen LogP) is 8.43. The van der Waals surface area contributed by atoms with Crippen molar-refractivity contribution >= 4 is 59.5 Å². The molecule has 0 saturated heterocycles. The Balaban J connectivity index is 0.000000867. The summed E-state index contributed by atoms with van der Waals surface area (Å²) in [4.78, 5) is 1.51. The molecule has 0 unspecified atom stereocenters. The van der Waals surface area contributed by atoms with Crippen LogP contribution in [0.3, 0.4) is 0 Å². The van der Waals surface area contributed by atoms with Crippen LogP contribution in [0, 0.1) is 0 Å². The number of rotatable bonds is 6. The van der Waals surface area contributed by atoms with E-state index in [9.17, 15) is 0 Å². The molecule has 0 saturated carbocycles. The molecule has 0 spiro atoms. The van der Waals surface area contributed by atoms with E-state index in [1.165, 1.54) is 4.90 Å². The number of hydrogen-bond acceptors (Lipinski definition) is 13. The summed E-state index contributed by atoms with van der Waals surface area (Å²) in [6, 6.07) is 45.5. The third kappa shape index (κ3) is 11.8. The SMILES string of the molecule is CCN(CC)C1=N\O[B-]2(F)O/N=C(c3ccccc3)/C(c3ccccc3)=N/O[B-](F)(O\N=C\1Cl)O/N=C(c1ccccc1)/C(c1ccccc1)=N/O2.[Co+2].c1ccccc1. The molecule has 2 bridgehead atoms. The first kappa shape index (κ1) is 43.6. The molecule has 8 rings (SSSR count). The molecule has 3 heterocycles. The Bertz CT molecular complexity index is 2140. The summed E-state index contributed by atoms with van der Waals surface area (Å²) in [7, 11) is -9.17. The minimum Gasteiger partial charge on any atom is -0.509 e. The summed E-state index contributed by atoms with van der Waals surface area (Å²) >= 11 is 6.45. The molecule has 5 aromatic carbocycles. The topological polar surface area (TPSA) is 133 Å². The van der Waals surface area contributed by atoms with Gasteiger partial charge in [-0.3, -0.25) is 0 Å². The van der Waals surface area contributed by atoms with Crippen LogP contribution in [-0.2, 0) is 45.3 Å². The summed E-state index contributed by atoms with van der Waals surface area (Å²) in [5.74, 6) is -0.295. The minimum atomic E-state index is -4.59. The van der Waals surface area contributed by atoms with Crippen LogP contribution in [0.1, 0.15) is 36.1 Å². The number of amidine groups is 1. The summed E-state index contributed by atoms with van der Waals surface area (Å²) in [6.07, 6.45) is 0. The van der Waals surface area contributed by atoms with Crippen molar-refractivity contribution in [2.75, 3.05) is 13.1 Å². The van der Waals surface area contributed by atoms with E-state index in [1.807, 2.05) is 36.4 Å². The van der Waals surface area contributed by atoms with Gasteiger partial charge in [-0.15, -0.1) is 30.9 Å². The maximum Gasteiger partial charge on any atom is 2.00 e. The zero-order chi connectivity index (χ0) is 40.6. The van der Waals surface area contributed by atoms with Crippen LogP contribution in [0.15, 0.2) is 189 Å². The van der Waals surface area contributed by atoms with Gasteiger partial charge in [-0.1, -0.05) is 169 Å². The van der Waals surface area contributed by atoms with Gasteiger partial charge in [0.25, 0.3) is 0 Å². The molecule has 0 aromatic heterocycles. The number of hydrogen-bond donors (Lipinski definition) is 0. The van der Waals surface area contributed by atoms with Crippen molar-refractivity contribution in [2.45, 2.75) is 13.8 Å². The van der Waals surface area contributed by atoms with Crippen LogP contribution in [0.4, 0.5) is 8.63 Å². The van der Waals surface area contributed by atoms with E-state index in [0.29, 0.717) is 22.3 Å². The Labute approximate surface area is 354 Å². The Kier molecular flexibility index (Phi) is 15.8. The fourth-order valence-corrected chi connectivity index (χ4v) is 5.48. The minimum absolute atomic E-state index is 0.